The van der Waals surface area contributed by atoms with Crippen LogP contribution in [0.3, 0.4) is 0 Å². The van der Waals surface area contributed by atoms with Gasteiger partial charge in [0.15, 0.2) is 0 Å². The standard InChI is InChI=1S/C16H18N4O/c1-3-11-5-4-8-18-14(11)10-20-15-7-6-12(21-2)9-13(15)19-16(20)17/h4-9H,3,10H2,1-2H3,(H2,17,19). The van der Waals surface area contributed by atoms with Gasteiger partial charge >= 0.3 is 0 Å². The fourth-order valence-corrected chi connectivity index (χ4v) is 2.51. The summed E-state index contributed by atoms with van der Waals surface area (Å²) in [6.45, 7) is 2.75. The van der Waals surface area contributed by atoms with Crippen LogP contribution in [0.4, 0.5) is 5.95 Å². The van der Waals surface area contributed by atoms with Crippen LogP contribution in [0, 0.1) is 0 Å². The number of aromatic nitrogens is 3. The maximum Gasteiger partial charge on any atom is 0.201 e. The third-order valence-electron chi connectivity index (χ3n) is 3.66. The number of anilines is 1. The number of hydrogen-bond donors (Lipinski definition) is 1. The molecule has 108 valence electrons. The number of ether oxygens (including phenoxy) is 1. The molecule has 0 bridgehead atoms. The molecule has 3 aromatic rings. The Balaban J connectivity index is 2.06. The molecule has 5 heteroatoms. The minimum absolute atomic E-state index is 0.492. The normalized spacial score (nSPS) is 11.0. The van der Waals surface area contributed by atoms with Gasteiger partial charge in [-0.1, -0.05) is 13.0 Å². The number of methoxy groups -OCH3 is 1. The van der Waals surface area contributed by atoms with E-state index in [1.807, 2.05) is 35.0 Å². The summed E-state index contributed by atoms with van der Waals surface area (Å²) in [6.07, 6.45) is 2.76. The van der Waals surface area contributed by atoms with Crippen molar-refractivity contribution in [3.63, 3.8) is 0 Å². The highest BCUT2D eigenvalue weighted by Gasteiger charge is 2.11. The molecular formula is C16H18N4O. The van der Waals surface area contributed by atoms with Crippen LogP contribution in [-0.2, 0) is 13.0 Å². The van der Waals surface area contributed by atoms with Crippen molar-refractivity contribution in [2.24, 2.45) is 0 Å². The Kier molecular flexibility index (Phi) is 3.48. The van der Waals surface area contributed by atoms with Gasteiger partial charge in [0.05, 0.1) is 30.4 Å². The van der Waals surface area contributed by atoms with Crippen LogP contribution >= 0.6 is 0 Å². The van der Waals surface area contributed by atoms with Crippen molar-refractivity contribution < 1.29 is 4.74 Å². The van der Waals surface area contributed by atoms with Gasteiger partial charge in [0.25, 0.3) is 0 Å². The molecule has 0 saturated heterocycles. The van der Waals surface area contributed by atoms with E-state index >= 15 is 0 Å². The summed E-state index contributed by atoms with van der Waals surface area (Å²) in [4.78, 5) is 8.88. The number of imidazole rings is 1. The first-order chi connectivity index (χ1) is 10.2. The Hall–Kier alpha value is -2.56. The van der Waals surface area contributed by atoms with Crippen molar-refractivity contribution in [3.8, 4) is 5.75 Å². The monoisotopic (exact) mass is 282 g/mol. The van der Waals surface area contributed by atoms with Crippen LogP contribution < -0.4 is 10.5 Å². The van der Waals surface area contributed by atoms with Crippen molar-refractivity contribution in [3.05, 3.63) is 47.8 Å². The molecule has 0 saturated carbocycles. The fraction of sp³-hybridized carbons (Fsp3) is 0.250. The maximum atomic E-state index is 6.07. The van der Waals surface area contributed by atoms with E-state index in [4.69, 9.17) is 10.5 Å². The van der Waals surface area contributed by atoms with E-state index in [2.05, 4.69) is 23.0 Å². The zero-order valence-electron chi connectivity index (χ0n) is 12.2. The van der Waals surface area contributed by atoms with E-state index in [1.54, 1.807) is 7.11 Å². The minimum atomic E-state index is 0.492. The molecule has 0 aliphatic carbocycles. The summed E-state index contributed by atoms with van der Waals surface area (Å²) < 4.78 is 7.21. The second kappa shape index (κ2) is 5.44. The van der Waals surface area contributed by atoms with Gasteiger partial charge in [-0.15, -0.1) is 0 Å². The predicted octanol–water partition coefficient (Wildman–Crippen LogP) is 2.63. The third kappa shape index (κ3) is 2.42. The molecule has 0 aliphatic rings. The molecule has 1 aromatic carbocycles. The summed E-state index contributed by atoms with van der Waals surface area (Å²) in [7, 11) is 1.64. The second-order valence-corrected chi connectivity index (χ2v) is 4.87. The molecule has 2 heterocycles. The lowest BCUT2D eigenvalue weighted by molar-refractivity contribution is 0.415. The lowest BCUT2D eigenvalue weighted by atomic mass is 10.1. The molecule has 0 radical (unpaired) electrons. The van der Waals surface area contributed by atoms with Crippen molar-refractivity contribution in [2.45, 2.75) is 19.9 Å². The van der Waals surface area contributed by atoms with Crippen molar-refractivity contribution >= 4 is 17.0 Å². The van der Waals surface area contributed by atoms with E-state index in [1.165, 1.54) is 5.56 Å². The highest BCUT2D eigenvalue weighted by Crippen LogP contribution is 2.24. The third-order valence-corrected chi connectivity index (χ3v) is 3.66. The highest BCUT2D eigenvalue weighted by atomic mass is 16.5. The lowest BCUT2D eigenvalue weighted by Gasteiger charge is -2.09. The van der Waals surface area contributed by atoms with Crippen LogP contribution in [0.5, 0.6) is 5.75 Å². The highest BCUT2D eigenvalue weighted by molar-refractivity contribution is 5.80. The van der Waals surface area contributed by atoms with E-state index in [0.29, 0.717) is 12.5 Å². The van der Waals surface area contributed by atoms with Gasteiger partial charge in [0.2, 0.25) is 5.95 Å². The number of benzene rings is 1. The summed E-state index contributed by atoms with van der Waals surface area (Å²) in [5.41, 5.74) is 10.1. The molecule has 0 unspecified atom stereocenters. The van der Waals surface area contributed by atoms with Gasteiger partial charge in [0, 0.05) is 12.3 Å². The van der Waals surface area contributed by atoms with E-state index < -0.39 is 0 Å². The Morgan fingerprint density at radius 1 is 1.29 bits per heavy atom. The first-order valence-corrected chi connectivity index (χ1v) is 6.95. The number of rotatable bonds is 4. The van der Waals surface area contributed by atoms with Crippen LogP contribution in [0.2, 0.25) is 0 Å². The molecule has 2 N–H and O–H groups in total. The number of nitrogens with zero attached hydrogens (tertiary/aromatic N) is 3. The molecule has 0 atom stereocenters. The summed E-state index contributed by atoms with van der Waals surface area (Å²) in [5, 5.41) is 0. The van der Waals surface area contributed by atoms with Crippen LogP contribution in [-0.4, -0.2) is 21.6 Å². The zero-order chi connectivity index (χ0) is 14.8. The fourth-order valence-electron chi connectivity index (χ4n) is 2.51. The average molecular weight is 282 g/mol. The number of hydrogen-bond acceptors (Lipinski definition) is 4. The quantitative estimate of drug-likeness (QED) is 0.799. The summed E-state index contributed by atoms with van der Waals surface area (Å²) >= 11 is 0. The van der Waals surface area contributed by atoms with E-state index in [-0.39, 0.29) is 0 Å². The van der Waals surface area contributed by atoms with E-state index in [9.17, 15) is 0 Å². The van der Waals surface area contributed by atoms with Crippen LogP contribution in [0.15, 0.2) is 36.5 Å². The number of nitrogens with two attached hydrogens (primary N) is 1. The van der Waals surface area contributed by atoms with Gasteiger partial charge in [-0.25, -0.2) is 4.98 Å². The Labute approximate surface area is 123 Å². The minimum Gasteiger partial charge on any atom is -0.497 e. The SMILES string of the molecule is CCc1cccnc1Cn1c(N)nc2cc(OC)ccc21. The van der Waals surface area contributed by atoms with Crippen molar-refractivity contribution in [1.82, 2.24) is 14.5 Å². The molecular weight excluding hydrogens is 264 g/mol. The van der Waals surface area contributed by atoms with Crippen molar-refractivity contribution in [1.29, 1.82) is 0 Å². The molecule has 3 rings (SSSR count). The second-order valence-electron chi connectivity index (χ2n) is 4.87. The largest absolute Gasteiger partial charge is 0.497 e. The smallest absolute Gasteiger partial charge is 0.201 e. The Morgan fingerprint density at radius 2 is 2.14 bits per heavy atom. The lowest BCUT2D eigenvalue weighted by Crippen LogP contribution is -2.08. The molecule has 0 fully saturated rings. The first-order valence-electron chi connectivity index (χ1n) is 6.95. The van der Waals surface area contributed by atoms with Crippen LogP contribution in [0.1, 0.15) is 18.2 Å². The number of pyridine rings is 1. The summed E-state index contributed by atoms with van der Waals surface area (Å²) in [5.74, 6) is 1.27. The Morgan fingerprint density at radius 3 is 2.90 bits per heavy atom. The molecule has 5 nitrogen and oxygen atoms in total. The topological polar surface area (TPSA) is 66.0 Å². The molecule has 0 spiro atoms. The van der Waals surface area contributed by atoms with Crippen molar-refractivity contribution in [2.75, 3.05) is 12.8 Å². The molecule has 21 heavy (non-hydrogen) atoms. The maximum absolute atomic E-state index is 6.07. The number of fused-ring (bicyclic) bond motifs is 1. The molecule has 0 amide bonds. The van der Waals surface area contributed by atoms with Gasteiger partial charge in [-0.05, 0) is 30.2 Å². The van der Waals surface area contributed by atoms with Crippen LogP contribution in [0.25, 0.3) is 11.0 Å². The Bertz CT molecular complexity index is 779. The van der Waals surface area contributed by atoms with Gasteiger partial charge in [0.1, 0.15) is 5.75 Å². The van der Waals surface area contributed by atoms with Gasteiger partial charge in [-0.3, -0.25) is 4.98 Å². The van der Waals surface area contributed by atoms with Gasteiger partial charge < -0.3 is 15.0 Å². The number of nitrogen functional groups attached to an aromatic ring is 1. The van der Waals surface area contributed by atoms with Gasteiger partial charge in [-0.2, -0.15) is 0 Å². The average Bonchev–Trinajstić information content (AvgIpc) is 2.83. The molecule has 2 aromatic heterocycles. The molecule has 0 aliphatic heterocycles. The first kappa shape index (κ1) is 13.4. The number of aryl methyl sites for hydroxylation is 1. The predicted molar refractivity (Wildman–Crippen MR) is 83.4 cm³/mol. The van der Waals surface area contributed by atoms with E-state index in [0.717, 1.165) is 28.9 Å². The summed E-state index contributed by atoms with van der Waals surface area (Å²) in [6, 6.07) is 9.84. The zero-order valence-corrected chi connectivity index (χ0v) is 12.2.